The Morgan fingerprint density at radius 2 is 2.13 bits per heavy atom. The molecule has 1 heterocycles. The van der Waals surface area contributed by atoms with Gasteiger partial charge in [0.2, 0.25) is 5.91 Å². The summed E-state index contributed by atoms with van der Waals surface area (Å²) in [5.74, 6) is -0.718. The molecule has 118 valence electrons. The Balaban J connectivity index is 1.71. The molecule has 0 saturated heterocycles. The highest BCUT2D eigenvalue weighted by atomic mass is 35.5. The first-order chi connectivity index (χ1) is 11.0. The van der Waals surface area contributed by atoms with E-state index in [1.54, 1.807) is 25.1 Å². The number of hydrogen-bond donors (Lipinski definition) is 1. The molecule has 3 aromatic rings. The number of benzene rings is 2. The van der Waals surface area contributed by atoms with E-state index in [1.165, 1.54) is 35.2 Å². The van der Waals surface area contributed by atoms with Crippen LogP contribution in [0.25, 0.3) is 10.2 Å². The number of thioether (sulfide) groups is 1. The van der Waals surface area contributed by atoms with Crippen molar-refractivity contribution in [2.24, 2.45) is 0 Å². The van der Waals surface area contributed by atoms with Gasteiger partial charge >= 0.3 is 0 Å². The van der Waals surface area contributed by atoms with Gasteiger partial charge in [-0.2, -0.15) is 0 Å². The van der Waals surface area contributed by atoms with Gasteiger partial charge in [-0.15, -0.1) is 11.3 Å². The van der Waals surface area contributed by atoms with Gasteiger partial charge in [0.25, 0.3) is 0 Å². The molecule has 0 aliphatic carbocycles. The van der Waals surface area contributed by atoms with E-state index in [1.807, 2.05) is 12.1 Å². The molecular formula is C16H12ClFN2OS2. The largest absolute Gasteiger partial charge is 0.323 e. The van der Waals surface area contributed by atoms with Crippen LogP contribution in [-0.2, 0) is 4.79 Å². The maximum Gasteiger partial charge on any atom is 0.237 e. The fraction of sp³-hybridized carbons (Fsp3) is 0.125. The predicted molar refractivity (Wildman–Crippen MR) is 95.0 cm³/mol. The standard InChI is InChI=1S/C16H12ClFN2OS2/c1-9(15(21)19-12-5-3-2-4-11(12)18)22-16-20-13-8-10(17)6-7-14(13)23-16/h2-9H,1H3,(H,19,21)/t9-/m0/s1. The second-order valence-corrected chi connectivity index (χ2v) is 7.88. The average molecular weight is 367 g/mol. The van der Waals surface area contributed by atoms with Crippen LogP contribution in [0, 0.1) is 5.82 Å². The third kappa shape index (κ3) is 3.83. The minimum absolute atomic E-state index is 0.182. The number of carbonyl (C=O) groups is 1. The normalized spacial score (nSPS) is 12.3. The topological polar surface area (TPSA) is 42.0 Å². The zero-order valence-electron chi connectivity index (χ0n) is 12.0. The van der Waals surface area contributed by atoms with E-state index in [-0.39, 0.29) is 11.6 Å². The molecular weight excluding hydrogens is 355 g/mol. The Bertz CT molecular complexity index is 868. The quantitative estimate of drug-likeness (QED) is 0.644. The number of anilines is 1. The molecule has 0 saturated carbocycles. The van der Waals surface area contributed by atoms with Crippen molar-refractivity contribution in [2.45, 2.75) is 16.5 Å². The molecule has 0 spiro atoms. The van der Waals surface area contributed by atoms with Crippen molar-refractivity contribution in [1.29, 1.82) is 0 Å². The lowest BCUT2D eigenvalue weighted by Crippen LogP contribution is -2.22. The molecule has 0 fully saturated rings. The number of hydrogen-bond acceptors (Lipinski definition) is 4. The van der Waals surface area contributed by atoms with E-state index in [2.05, 4.69) is 10.3 Å². The monoisotopic (exact) mass is 366 g/mol. The van der Waals surface area contributed by atoms with Crippen LogP contribution in [0.4, 0.5) is 10.1 Å². The highest BCUT2D eigenvalue weighted by Gasteiger charge is 2.18. The number of halogens is 2. The predicted octanol–water partition coefficient (Wildman–Crippen LogP) is 5.21. The first-order valence-electron chi connectivity index (χ1n) is 6.81. The van der Waals surface area contributed by atoms with E-state index in [0.29, 0.717) is 5.02 Å². The molecule has 1 amide bonds. The lowest BCUT2D eigenvalue weighted by atomic mass is 10.3. The van der Waals surface area contributed by atoms with Gasteiger partial charge in [-0.05, 0) is 37.3 Å². The molecule has 0 unspecified atom stereocenters. The number of nitrogens with zero attached hydrogens (tertiary/aromatic N) is 1. The lowest BCUT2D eigenvalue weighted by Gasteiger charge is -2.10. The molecule has 1 N–H and O–H groups in total. The maximum atomic E-state index is 13.6. The van der Waals surface area contributed by atoms with Crippen molar-refractivity contribution < 1.29 is 9.18 Å². The van der Waals surface area contributed by atoms with Crippen LogP contribution in [0.15, 0.2) is 46.8 Å². The third-order valence-corrected chi connectivity index (χ3v) is 5.57. The number of carbonyl (C=O) groups excluding carboxylic acids is 1. The summed E-state index contributed by atoms with van der Waals surface area (Å²) in [5, 5.41) is 2.83. The van der Waals surface area contributed by atoms with Crippen molar-refractivity contribution in [2.75, 3.05) is 5.32 Å². The van der Waals surface area contributed by atoms with E-state index < -0.39 is 11.1 Å². The highest BCUT2D eigenvalue weighted by Crippen LogP contribution is 2.33. The molecule has 3 rings (SSSR count). The van der Waals surface area contributed by atoms with E-state index in [0.717, 1.165) is 14.6 Å². The van der Waals surface area contributed by atoms with Gasteiger partial charge in [0.15, 0.2) is 4.34 Å². The zero-order chi connectivity index (χ0) is 16.4. The van der Waals surface area contributed by atoms with E-state index >= 15 is 0 Å². The number of fused-ring (bicyclic) bond motifs is 1. The van der Waals surface area contributed by atoms with Crippen molar-refractivity contribution >= 4 is 56.5 Å². The Kier molecular flexibility index (Phi) is 4.84. The molecule has 3 nitrogen and oxygen atoms in total. The van der Waals surface area contributed by atoms with Gasteiger partial charge in [-0.25, -0.2) is 9.37 Å². The van der Waals surface area contributed by atoms with Crippen LogP contribution >= 0.6 is 34.7 Å². The second-order valence-electron chi connectivity index (χ2n) is 4.82. The van der Waals surface area contributed by atoms with Gasteiger partial charge in [0.1, 0.15) is 5.82 Å². The average Bonchev–Trinajstić information content (AvgIpc) is 2.90. The van der Waals surface area contributed by atoms with Crippen LogP contribution in [0.1, 0.15) is 6.92 Å². The minimum atomic E-state index is -0.451. The summed E-state index contributed by atoms with van der Waals surface area (Å²) in [4.78, 5) is 16.7. The Labute approximate surface area is 145 Å². The van der Waals surface area contributed by atoms with E-state index in [4.69, 9.17) is 11.6 Å². The number of amides is 1. The van der Waals surface area contributed by atoms with Crippen molar-refractivity contribution in [1.82, 2.24) is 4.98 Å². The summed E-state index contributed by atoms with van der Waals surface area (Å²) < 4.78 is 15.4. The van der Waals surface area contributed by atoms with Crippen LogP contribution in [0.5, 0.6) is 0 Å². The maximum absolute atomic E-state index is 13.6. The summed E-state index contributed by atoms with van der Waals surface area (Å²) in [7, 11) is 0. The van der Waals surface area contributed by atoms with Gasteiger partial charge < -0.3 is 5.32 Å². The first kappa shape index (κ1) is 16.2. The summed E-state index contributed by atoms with van der Waals surface area (Å²) in [6.45, 7) is 1.76. The molecule has 0 bridgehead atoms. The highest BCUT2D eigenvalue weighted by molar-refractivity contribution is 8.02. The number of nitrogens with one attached hydrogen (secondary N) is 1. The lowest BCUT2D eigenvalue weighted by molar-refractivity contribution is -0.115. The fourth-order valence-electron chi connectivity index (χ4n) is 1.93. The number of para-hydroxylation sites is 1. The summed E-state index contributed by atoms with van der Waals surface area (Å²) >= 11 is 8.79. The summed E-state index contributed by atoms with van der Waals surface area (Å²) in [5.41, 5.74) is 0.993. The fourth-order valence-corrected chi connectivity index (χ4v) is 4.29. The molecule has 2 aromatic carbocycles. The molecule has 0 radical (unpaired) electrons. The summed E-state index contributed by atoms with van der Waals surface area (Å²) in [6, 6.07) is 11.6. The van der Waals surface area contributed by atoms with Gasteiger partial charge in [0.05, 0.1) is 21.2 Å². The smallest absolute Gasteiger partial charge is 0.237 e. The van der Waals surface area contributed by atoms with E-state index in [9.17, 15) is 9.18 Å². The zero-order valence-corrected chi connectivity index (χ0v) is 14.4. The number of rotatable bonds is 4. The SMILES string of the molecule is C[C@H](Sc1nc2cc(Cl)ccc2s1)C(=O)Nc1ccccc1F. The van der Waals surface area contributed by atoms with Crippen LogP contribution in [0.2, 0.25) is 5.02 Å². The van der Waals surface area contributed by atoms with Crippen molar-refractivity contribution in [3.8, 4) is 0 Å². The summed E-state index contributed by atoms with van der Waals surface area (Å²) in [6.07, 6.45) is 0. The number of thiazole rings is 1. The third-order valence-electron chi connectivity index (χ3n) is 3.11. The van der Waals surface area contributed by atoms with Gasteiger partial charge in [-0.1, -0.05) is 35.5 Å². The Hall–Kier alpha value is -1.63. The van der Waals surface area contributed by atoms with Crippen LogP contribution in [0.3, 0.4) is 0 Å². The van der Waals surface area contributed by atoms with Crippen LogP contribution < -0.4 is 5.32 Å². The van der Waals surface area contributed by atoms with Gasteiger partial charge in [-0.3, -0.25) is 4.79 Å². The van der Waals surface area contributed by atoms with Crippen molar-refractivity contribution in [3.05, 3.63) is 53.3 Å². The van der Waals surface area contributed by atoms with Gasteiger partial charge in [0, 0.05) is 5.02 Å². The first-order valence-corrected chi connectivity index (χ1v) is 8.88. The Morgan fingerprint density at radius 3 is 2.91 bits per heavy atom. The number of aromatic nitrogens is 1. The molecule has 1 aromatic heterocycles. The Morgan fingerprint density at radius 1 is 1.35 bits per heavy atom. The molecule has 0 aliphatic rings. The molecule has 1 atom stereocenters. The molecule has 23 heavy (non-hydrogen) atoms. The van der Waals surface area contributed by atoms with Crippen LogP contribution in [-0.4, -0.2) is 16.1 Å². The molecule has 7 heteroatoms. The minimum Gasteiger partial charge on any atom is -0.323 e. The molecule has 0 aliphatic heterocycles. The second kappa shape index (κ2) is 6.86. The van der Waals surface area contributed by atoms with Crippen molar-refractivity contribution in [3.63, 3.8) is 0 Å².